The van der Waals surface area contributed by atoms with Gasteiger partial charge in [0.15, 0.2) is 0 Å². The molecular formula is C17H15N3O3S2. The Morgan fingerprint density at radius 2 is 2.12 bits per heavy atom. The van der Waals surface area contributed by atoms with E-state index in [4.69, 9.17) is 4.74 Å². The monoisotopic (exact) mass is 373 g/mol. The number of rotatable bonds is 4. The molecule has 1 aliphatic heterocycles. The van der Waals surface area contributed by atoms with Gasteiger partial charge in [-0.05, 0) is 35.7 Å². The predicted molar refractivity (Wildman–Crippen MR) is 97.6 cm³/mol. The van der Waals surface area contributed by atoms with Gasteiger partial charge in [0, 0.05) is 6.54 Å². The van der Waals surface area contributed by atoms with Gasteiger partial charge in [-0.25, -0.2) is 14.8 Å². The Hall–Kier alpha value is -2.32. The average Bonchev–Trinajstić information content (AvgIpc) is 3.39. The lowest BCUT2D eigenvalue weighted by Crippen LogP contribution is -2.38. The minimum Gasteiger partial charge on any atom is -0.467 e. The standard InChI is InChI=1S/C17H15N3O3S2/c1-23-16(22)11-4-2-7-20(11)17-18-10-6-9-25-15(10)13(19-17)14(21)12-5-3-8-24-12/h3,5-6,8-9,11H,2,4,7H2,1H3/t11-/m0/s1. The van der Waals surface area contributed by atoms with E-state index in [9.17, 15) is 9.59 Å². The molecule has 0 spiro atoms. The van der Waals surface area contributed by atoms with Crippen LogP contribution in [-0.4, -0.2) is 41.4 Å². The third kappa shape index (κ3) is 2.81. The summed E-state index contributed by atoms with van der Waals surface area (Å²) in [6.45, 7) is 0.669. The van der Waals surface area contributed by atoms with Crippen LogP contribution in [0.2, 0.25) is 0 Å². The van der Waals surface area contributed by atoms with Gasteiger partial charge in [-0.3, -0.25) is 4.79 Å². The second-order valence-electron chi connectivity index (χ2n) is 5.69. The number of anilines is 1. The maximum Gasteiger partial charge on any atom is 0.328 e. The van der Waals surface area contributed by atoms with Gasteiger partial charge >= 0.3 is 5.97 Å². The number of aromatic nitrogens is 2. The first-order valence-corrected chi connectivity index (χ1v) is 9.63. The van der Waals surface area contributed by atoms with Gasteiger partial charge in [0.25, 0.3) is 0 Å². The lowest BCUT2D eigenvalue weighted by atomic mass is 10.2. The summed E-state index contributed by atoms with van der Waals surface area (Å²) in [5.74, 6) is 0.0104. The average molecular weight is 373 g/mol. The van der Waals surface area contributed by atoms with Crippen LogP contribution in [0.25, 0.3) is 10.2 Å². The first-order chi connectivity index (χ1) is 12.2. The minimum atomic E-state index is -0.397. The van der Waals surface area contributed by atoms with Crippen LogP contribution >= 0.6 is 22.7 Å². The Kier molecular flexibility index (Phi) is 4.22. The van der Waals surface area contributed by atoms with Crippen molar-refractivity contribution in [3.05, 3.63) is 39.5 Å². The van der Waals surface area contributed by atoms with Gasteiger partial charge in [0.1, 0.15) is 11.7 Å². The topological polar surface area (TPSA) is 72.4 Å². The highest BCUT2D eigenvalue weighted by Gasteiger charge is 2.34. The zero-order valence-corrected chi connectivity index (χ0v) is 15.1. The highest BCUT2D eigenvalue weighted by Crippen LogP contribution is 2.30. The van der Waals surface area contributed by atoms with Crippen molar-refractivity contribution in [3.63, 3.8) is 0 Å². The molecule has 0 radical (unpaired) electrons. The van der Waals surface area contributed by atoms with E-state index >= 15 is 0 Å². The maximum absolute atomic E-state index is 12.9. The molecule has 1 saturated heterocycles. The predicted octanol–water partition coefficient (Wildman–Crippen LogP) is 3.13. The van der Waals surface area contributed by atoms with E-state index in [2.05, 4.69) is 9.97 Å². The lowest BCUT2D eigenvalue weighted by Gasteiger charge is -2.22. The number of thiophene rings is 2. The molecule has 0 aliphatic carbocycles. The van der Waals surface area contributed by atoms with Crippen molar-refractivity contribution in [2.75, 3.05) is 18.6 Å². The third-order valence-electron chi connectivity index (χ3n) is 4.23. The third-order valence-corrected chi connectivity index (χ3v) is 6.01. The molecule has 3 aromatic rings. The van der Waals surface area contributed by atoms with E-state index in [1.165, 1.54) is 29.8 Å². The van der Waals surface area contributed by atoms with Crippen molar-refractivity contribution in [3.8, 4) is 0 Å². The summed E-state index contributed by atoms with van der Waals surface area (Å²) < 4.78 is 5.67. The number of carbonyl (C=O) groups excluding carboxylic acids is 2. The molecule has 0 saturated carbocycles. The first-order valence-electron chi connectivity index (χ1n) is 7.87. The van der Waals surface area contributed by atoms with Gasteiger partial charge in [0.05, 0.1) is 22.2 Å². The van der Waals surface area contributed by atoms with Crippen molar-refractivity contribution in [2.45, 2.75) is 18.9 Å². The number of methoxy groups -OCH3 is 1. The highest BCUT2D eigenvalue weighted by atomic mass is 32.1. The number of fused-ring (bicyclic) bond motifs is 1. The number of hydrogen-bond acceptors (Lipinski definition) is 8. The number of nitrogens with zero attached hydrogens (tertiary/aromatic N) is 3. The largest absolute Gasteiger partial charge is 0.467 e. The summed E-state index contributed by atoms with van der Waals surface area (Å²) in [7, 11) is 1.38. The van der Waals surface area contributed by atoms with E-state index in [-0.39, 0.29) is 11.8 Å². The van der Waals surface area contributed by atoms with Gasteiger partial charge in [-0.2, -0.15) is 0 Å². The van der Waals surface area contributed by atoms with Crippen molar-refractivity contribution < 1.29 is 14.3 Å². The van der Waals surface area contributed by atoms with E-state index < -0.39 is 6.04 Å². The Morgan fingerprint density at radius 1 is 1.24 bits per heavy atom. The van der Waals surface area contributed by atoms with Gasteiger partial charge < -0.3 is 9.64 Å². The molecule has 0 N–H and O–H groups in total. The molecule has 128 valence electrons. The summed E-state index contributed by atoms with van der Waals surface area (Å²) in [5, 5.41) is 3.77. The van der Waals surface area contributed by atoms with Gasteiger partial charge in [0.2, 0.25) is 11.7 Å². The van der Waals surface area contributed by atoms with E-state index in [0.29, 0.717) is 29.5 Å². The molecule has 1 fully saturated rings. The van der Waals surface area contributed by atoms with Crippen LogP contribution in [0.5, 0.6) is 0 Å². The Balaban J connectivity index is 1.81. The summed E-state index contributed by atoms with van der Waals surface area (Å²) in [6, 6.07) is 5.12. The Labute approximate surface area is 152 Å². The molecule has 6 nitrogen and oxygen atoms in total. The molecule has 0 bridgehead atoms. The van der Waals surface area contributed by atoms with E-state index in [1.54, 1.807) is 6.07 Å². The van der Waals surface area contributed by atoms with Crippen molar-refractivity contribution >= 4 is 50.6 Å². The summed E-state index contributed by atoms with van der Waals surface area (Å²) in [5.41, 5.74) is 1.12. The fraction of sp³-hybridized carbons (Fsp3) is 0.294. The molecule has 3 aromatic heterocycles. The zero-order chi connectivity index (χ0) is 17.4. The molecule has 4 heterocycles. The zero-order valence-electron chi connectivity index (χ0n) is 13.5. The molecule has 1 aliphatic rings. The van der Waals surface area contributed by atoms with E-state index in [1.807, 2.05) is 27.8 Å². The second kappa shape index (κ2) is 6.53. The molecule has 0 amide bonds. The Morgan fingerprint density at radius 3 is 2.88 bits per heavy atom. The smallest absolute Gasteiger partial charge is 0.328 e. The summed E-state index contributed by atoms with van der Waals surface area (Å²) in [6.07, 6.45) is 1.56. The number of esters is 1. The molecule has 1 atom stereocenters. The Bertz CT molecular complexity index is 936. The SMILES string of the molecule is COC(=O)[C@@H]1CCCN1c1nc(C(=O)c2cccs2)c2sccc2n1. The van der Waals surface area contributed by atoms with Crippen LogP contribution in [0.3, 0.4) is 0 Å². The first kappa shape index (κ1) is 16.2. The van der Waals surface area contributed by atoms with Crippen LogP contribution in [0.15, 0.2) is 29.0 Å². The fourth-order valence-corrected chi connectivity index (χ4v) is 4.53. The minimum absolute atomic E-state index is 0.111. The molecule has 4 rings (SSSR count). The molecule has 25 heavy (non-hydrogen) atoms. The van der Waals surface area contributed by atoms with Crippen molar-refractivity contribution in [2.24, 2.45) is 0 Å². The highest BCUT2D eigenvalue weighted by molar-refractivity contribution is 7.17. The summed E-state index contributed by atoms with van der Waals surface area (Å²) >= 11 is 2.84. The lowest BCUT2D eigenvalue weighted by molar-refractivity contribution is -0.141. The molecule has 0 aromatic carbocycles. The molecule has 8 heteroatoms. The van der Waals surface area contributed by atoms with Crippen molar-refractivity contribution in [1.82, 2.24) is 9.97 Å². The van der Waals surface area contributed by atoms with Crippen LogP contribution in [0.4, 0.5) is 5.95 Å². The molecule has 0 unspecified atom stereocenters. The summed E-state index contributed by atoms with van der Waals surface area (Å²) in [4.78, 5) is 36.5. The number of hydrogen-bond donors (Lipinski definition) is 0. The quantitative estimate of drug-likeness (QED) is 0.517. The van der Waals surface area contributed by atoms with Gasteiger partial charge in [-0.1, -0.05) is 6.07 Å². The second-order valence-corrected chi connectivity index (χ2v) is 7.55. The van der Waals surface area contributed by atoms with E-state index in [0.717, 1.165) is 16.6 Å². The normalized spacial score (nSPS) is 17.2. The number of ketones is 1. The number of carbonyl (C=O) groups is 2. The van der Waals surface area contributed by atoms with Gasteiger partial charge in [-0.15, -0.1) is 22.7 Å². The molecular weight excluding hydrogens is 358 g/mol. The maximum atomic E-state index is 12.9. The number of ether oxygens (including phenoxy) is 1. The van der Waals surface area contributed by atoms with Crippen LogP contribution in [0, 0.1) is 0 Å². The van der Waals surface area contributed by atoms with Crippen LogP contribution < -0.4 is 4.90 Å². The van der Waals surface area contributed by atoms with Crippen molar-refractivity contribution in [1.29, 1.82) is 0 Å². The van der Waals surface area contributed by atoms with Crippen LogP contribution in [-0.2, 0) is 9.53 Å². The fourth-order valence-electron chi connectivity index (χ4n) is 3.05. The van der Waals surface area contributed by atoms with Crippen LogP contribution in [0.1, 0.15) is 28.2 Å².